The summed E-state index contributed by atoms with van der Waals surface area (Å²) in [6.07, 6.45) is 5.24. The highest BCUT2D eigenvalue weighted by Crippen LogP contribution is 2.25. The summed E-state index contributed by atoms with van der Waals surface area (Å²) < 4.78 is 0. The Morgan fingerprint density at radius 2 is 2.19 bits per heavy atom. The number of nitrogens with zero attached hydrogens (tertiary/aromatic N) is 1. The first kappa shape index (κ1) is 10.6. The Hall–Kier alpha value is -1.90. The Kier molecular flexibility index (Phi) is 3.15. The van der Waals surface area contributed by atoms with E-state index < -0.39 is 5.97 Å². The van der Waals surface area contributed by atoms with E-state index in [2.05, 4.69) is 4.99 Å². The molecule has 0 unspecified atom stereocenters. The van der Waals surface area contributed by atoms with Crippen LogP contribution in [0.1, 0.15) is 18.4 Å². The van der Waals surface area contributed by atoms with Crippen LogP contribution < -0.4 is 0 Å². The molecule has 1 heterocycles. The van der Waals surface area contributed by atoms with Gasteiger partial charge >= 0.3 is 5.97 Å². The first-order valence-corrected chi connectivity index (χ1v) is 5.27. The normalized spacial score (nSPS) is 13.9. The molecule has 0 saturated heterocycles. The summed E-state index contributed by atoms with van der Waals surface area (Å²) in [5, 5.41) is 8.65. The van der Waals surface area contributed by atoms with Gasteiger partial charge in [-0.3, -0.25) is 9.79 Å². The number of carboxylic acid groups (broad SMARTS) is 1. The van der Waals surface area contributed by atoms with Gasteiger partial charge in [-0.2, -0.15) is 0 Å². The first-order valence-electron chi connectivity index (χ1n) is 5.27. The minimum Gasteiger partial charge on any atom is -0.481 e. The van der Waals surface area contributed by atoms with E-state index in [9.17, 15) is 4.79 Å². The van der Waals surface area contributed by atoms with E-state index in [1.807, 2.05) is 30.3 Å². The van der Waals surface area contributed by atoms with Crippen LogP contribution in [0.25, 0.3) is 0 Å². The maximum Gasteiger partial charge on any atom is 0.303 e. The van der Waals surface area contributed by atoms with E-state index in [-0.39, 0.29) is 6.42 Å². The SMILES string of the molecule is O=C(O)CCC1=CC=Nc2ccccc2C1. The Bertz CT molecular complexity index is 461. The van der Waals surface area contributed by atoms with Crippen molar-refractivity contribution in [2.75, 3.05) is 0 Å². The molecule has 0 aliphatic carbocycles. The molecule has 0 bridgehead atoms. The van der Waals surface area contributed by atoms with Gasteiger partial charge in [0.25, 0.3) is 0 Å². The molecule has 0 atom stereocenters. The van der Waals surface area contributed by atoms with Crippen molar-refractivity contribution >= 4 is 17.9 Å². The molecule has 1 N–H and O–H groups in total. The lowest BCUT2D eigenvalue weighted by molar-refractivity contribution is -0.136. The number of allylic oxidation sites excluding steroid dienone is 2. The van der Waals surface area contributed by atoms with Crippen LogP contribution in [-0.4, -0.2) is 17.3 Å². The molecule has 1 aromatic carbocycles. The predicted molar refractivity (Wildman–Crippen MR) is 63.3 cm³/mol. The molecule has 3 heteroatoms. The molecule has 2 rings (SSSR count). The third kappa shape index (κ3) is 2.57. The van der Waals surface area contributed by atoms with Crippen LogP contribution in [0.3, 0.4) is 0 Å². The molecule has 0 amide bonds. The van der Waals surface area contributed by atoms with Crippen molar-refractivity contribution in [2.24, 2.45) is 4.99 Å². The van der Waals surface area contributed by atoms with Gasteiger partial charge in [-0.25, -0.2) is 0 Å². The molecule has 0 aromatic heterocycles. The van der Waals surface area contributed by atoms with Crippen LogP contribution in [0.5, 0.6) is 0 Å². The summed E-state index contributed by atoms with van der Waals surface area (Å²) in [4.78, 5) is 14.8. The van der Waals surface area contributed by atoms with Gasteiger partial charge in [0, 0.05) is 12.6 Å². The van der Waals surface area contributed by atoms with Gasteiger partial charge in [0.15, 0.2) is 0 Å². The molecule has 82 valence electrons. The van der Waals surface area contributed by atoms with E-state index in [0.29, 0.717) is 6.42 Å². The summed E-state index contributed by atoms with van der Waals surface area (Å²) in [5.41, 5.74) is 3.26. The van der Waals surface area contributed by atoms with Gasteiger partial charge < -0.3 is 5.11 Å². The molecule has 0 spiro atoms. The number of para-hydroxylation sites is 1. The number of carbonyl (C=O) groups is 1. The predicted octanol–water partition coefficient (Wildman–Crippen LogP) is 2.74. The van der Waals surface area contributed by atoms with Crippen molar-refractivity contribution in [3.8, 4) is 0 Å². The maximum absolute atomic E-state index is 10.5. The molecule has 16 heavy (non-hydrogen) atoms. The summed E-state index contributed by atoms with van der Waals surface area (Å²) in [5.74, 6) is -0.754. The Morgan fingerprint density at radius 3 is 3.00 bits per heavy atom. The van der Waals surface area contributed by atoms with Gasteiger partial charge in [0.1, 0.15) is 0 Å². The summed E-state index contributed by atoms with van der Waals surface area (Å²) in [7, 11) is 0. The lowest BCUT2D eigenvalue weighted by Crippen LogP contribution is -1.97. The van der Waals surface area contributed by atoms with Crippen LogP contribution in [0.15, 0.2) is 40.9 Å². The topological polar surface area (TPSA) is 49.7 Å². The van der Waals surface area contributed by atoms with Crippen molar-refractivity contribution in [1.29, 1.82) is 0 Å². The molecule has 1 aromatic rings. The minimum atomic E-state index is -0.754. The number of hydrogen-bond acceptors (Lipinski definition) is 2. The molecular formula is C13H13NO2. The van der Waals surface area contributed by atoms with Crippen molar-refractivity contribution in [3.05, 3.63) is 41.5 Å². The number of fused-ring (bicyclic) bond motifs is 1. The average Bonchev–Trinajstić information content (AvgIpc) is 2.47. The lowest BCUT2D eigenvalue weighted by Gasteiger charge is -2.05. The smallest absolute Gasteiger partial charge is 0.303 e. The number of hydrogen-bond donors (Lipinski definition) is 1. The fourth-order valence-electron chi connectivity index (χ4n) is 1.75. The summed E-state index contributed by atoms with van der Waals surface area (Å²) >= 11 is 0. The lowest BCUT2D eigenvalue weighted by atomic mass is 10.0. The van der Waals surface area contributed by atoms with Gasteiger partial charge in [0.05, 0.1) is 5.69 Å². The fourth-order valence-corrected chi connectivity index (χ4v) is 1.75. The molecular weight excluding hydrogens is 202 g/mol. The maximum atomic E-state index is 10.5. The van der Waals surface area contributed by atoms with Crippen molar-refractivity contribution in [3.63, 3.8) is 0 Å². The Morgan fingerprint density at radius 1 is 1.38 bits per heavy atom. The standard InChI is InChI=1S/C13H13NO2/c15-13(16)6-5-10-7-8-14-12-4-2-1-3-11(12)9-10/h1-4,7-8H,5-6,9H2,(H,15,16). The highest BCUT2D eigenvalue weighted by Gasteiger charge is 2.08. The molecule has 0 saturated carbocycles. The summed E-state index contributed by atoms with van der Waals surface area (Å²) in [6.45, 7) is 0. The van der Waals surface area contributed by atoms with Crippen molar-refractivity contribution < 1.29 is 9.90 Å². The number of benzene rings is 1. The second-order valence-electron chi connectivity index (χ2n) is 3.80. The van der Waals surface area contributed by atoms with Gasteiger partial charge in [0.2, 0.25) is 0 Å². The van der Waals surface area contributed by atoms with Crippen molar-refractivity contribution in [1.82, 2.24) is 0 Å². The van der Waals surface area contributed by atoms with Gasteiger partial charge in [-0.1, -0.05) is 23.8 Å². The van der Waals surface area contributed by atoms with Gasteiger partial charge in [-0.05, 0) is 30.5 Å². The first-order chi connectivity index (χ1) is 7.75. The molecule has 0 fully saturated rings. The Balaban J connectivity index is 2.13. The Labute approximate surface area is 94.1 Å². The molecule has 3 nitrogen and oxygen atoms in total. The van der Waals surface area contributed by atoms with Crippen LogP contribution in [0, 0.1) is 0 Å². The van der Waals surface area contributed by atoms with Crippen LogP contribution in [-0.2, 0) is 11.2 Å². The molecule has 0 radical (unpaired) electrons. The molecule has 1 aliphatic rings. The number of rotatable bonds is 3. The second kappa shape index (κ2) is 4.75. The fraction of sp³-hybridized carbons (Fsp3) is 0.231. The quantitative estimate of drug-likeness (QED) is 0.842. The summed E-state index contributed by atoms with van der Waals surface area (Å²) in [6, 6.07) is 7.94. The van der Waals surface area contributed by atoms with Crippen molar-refractivity contribution in [2.45, 2.75) is 19.3 Å². The monoisotopic (exact) mass is 215 g/mol. The van der Waals surface area contributed by atoms with E-state index in [4.69, 9.17) is 5.11 Å². The zero-order valence-electron chi connectivity index (χ0n) is 8.89. The van der Waals surface area contributed by atoms with Gasteiger partial charge in [-0.15, -0.1) is 0 Å². The van der Waals surface area contributed by atoms with Crippen LogP contribution in [0.4, 0.5) is 5.69 Å². The average molecular weight is 215 g/mol. The zero-order chi connectivity index (χ0) is 11.4. The molecule has 1 aliphatic heterocycles. The van der Waals surface area contributed by atoms with Crippen LogP contribution in [0.2, 0.25) is 0 Å². The van der Waals surface area contributed by atoms with E-state index >= 15 is 0 Å². The highest BCUT2D eigenvalue weighted by atomic mass is 16.4. The number of aliphatic imine (C=N–C) groups is 1. The second-order valence-corrected chi connectivity index (χ2v) is 3.80. The zero-order valence-corrected chi connectivity index (χ0v) is 8.89. The third-order valence-corrected chi connectivity index (χ3v) is 2.59. The number of carboxylic acids is 1. The van der Waals surface area contributed by atoms with E-state index in [0.717, 1.165) is 23.2 Å². The number of aliphatic carboxylic acids is 1. The third-order valence-electron chi connectivity index (χ3n) is 2.59. The van der Waals surface area contributed by atoms with Crippen LogP contribution >= 0.6 is 0 Å². The van der Waals surface area contributed by atoms with E-state index in [1.165, 1.54) is 0 Å². The largest absolute Gasteiger partial charge is 0.481 e. The minimum absolute atomic E-state index is 0.182. The highest BCUT2D eigenvalue weighted by molar-refractivity contribution is 5.78. The van der Waals surface area contributed by atoms with E-state index in [1.54, 1.807) is 6.21 Å².